The van der Waals surface area contributed by atoms with E-state index < -0.39 is 0 Å². The second-order valence-corrected chi connectivity index (χ2v) is 6.39. The smallest absolute Gasteiger partial charge is 0.224 e. The van der Waals surface area contributed by atoms with Crippen molar-refractivity contribution < 1.29 is 9.18 Å². The van der Waals surface area contributed by atoms with E-state index in [4.69, 9.17) is 11.6 Å². The number of aliphatic imine (C=N–C) groups is 1. The number of carbonyl (C=O) groups is 1. The zero-order valence-electron chi connectivity index (χ0n) is 15.7. The van der Waals surface area contributed by atoms with Gasteiger partial charge in [0.25, 0.3) is 0 Å². The minimum Gasteiger partial charge on any atom is -0.356 e. The number of hydrogen-bond donors (Lipinski definition) is 3. The van der Waals surface area contributed by atoms with Crippen molar-refractivity contribution in [1.82, 2.24) is 16.0 Å². The van der Waals surface area contributed by atoms with Gasteiger partial charge in [-0.3, -0.25) is 9.79 Å². The number of halogens is 3. The lowest BCUT2D eigenvalue weighted by molar-refractivity contribution is -0.120. The molecule has 0 heterocycles. The van der Waals surface area contributed by atoms with Crippen LogP contribution in [0.15, 0.2) is 53.5 Å². The number of rotatable bonds is 8. The number of amides is 1. The van der Waals surface area contributed by atoms with Crippen molar-refractivity contribution in [3.8, 4) is 0 Å². The van der Waals surface area contributed by atoms with Gasteiger partial charge < -0.3 is 16.0 Å². The van der Waals surface area contributed by atoms with E-state index in [0.717, 1.165) is 23.6 Å². The highest BCUT2D eigenvalue weighted by Crippen LogP contribution is 2.09. The van der Waals surface area contributed by atoms with Gasteiger partial charge in [0.05, 0.1) is 6.42 Å². The van der Waals surface area contributed by atoms with Crippen LogP contribution in [-0.4, -0.2) is 38.5 Å². The molecule has 0 aliphatic rings. The predicted octanol–water partition coefficient (Wildman–Crippen LogP) is 3.16. The van der Waals surface area contributed by atoms with Crippen LogP contribution in [0.25, 0.3) is 0 Å². The average Bonchev–Trinajstić information content (AvgIpc) is 2.67. The van der Waals surface area contributed by atoms with Gasteiger partial charge >= 0.3 is 0 Å². The second kappa shape index (κ2) is 13.3. The van der Waals surface area contributed by atoms with Crippen molar-refractivity contribution in [2.75, 3.05) is 26.7 Å². The van der Waals surface area contributed by atoms with Crippen LogP contribution in [0, 0.1) is 5.82 Å². The Labute approximate surface area is 187 Å². The first kappa shape index (κ1) is 24.2. The van der Waals surface area contributed by atoms with Crippen molar-refractivity contribution in [1.29, 1.82) is 0 Å². The molecule has 8 heteroatoms. The Morgan fingerprint density at radius 3 is 2.14 bits per heavy atom. The van der Waals surface area contributed by atoms with Crippen molar-refractivity contribution in [3.63, 3.8) is 0 Å². The highest BCUT2D eigenvalue weighted by atomic mass is 127. The van der Waals surface area contributed by atoms with Crippen molar-refractivity contribution in [3.05, 3.63) is 70.5 Å². The molecule has 5 nitrogen and oxygen atoms in total. The molecule has 0 aliphatic heterocycles. The van der Waals surface area contributed by atoms with E-state index in [0.29, 0.717) is 19.0 Å². The average molecular weight is 519 g/mol. The van der Waals surface area contributed by atoms with Gasteiger partial charge in [-0.15, -0.1) is 24.0 Å². The molecule has 3 N–H and O–H groups in total. The van der Waals surface area contributed by atoms with Crippen molar-refractivity contribution in [2.24, 2.45) is 4.99 Å². The van der Waals surface area contributed by atoms with Gasteiger partial charge in [0.1, 0.15) is 5.82 Å². The summed E-state index contributed by atoms with van der Waals surface area (Å²) in [6.07, 6.45) is 1.08. The largest absolute Gasteiger partial charge is 0.356 e. The summed E-state index contributed by atoms with van der Waals surface area (Å²) in [6, 6.07) is 13.7. The molecular weight excluding hydrogens is 494 g/mol. The third-order valence-electron chi connectivity index (χ3n) is 3.86. The van der Waals surface area contributed by atoms with Crippen LogP contribution in [0.1, 0.15) is 11.1 Å². The summed E-state index contributed by atoms with van der Waals surface area (Å²) in [4.78, 5) is 16.0. The van der Waals surface area contributed by atoms with Gasteiger partial charge in [0.15, 0.2) is 5.96 Å². The summed E-state index contributed by atoms with van der Waals surface area (Å²) in [7, 11) is 1.70. The maximum absolute atomic E-state index is 12.9. The molecule has 1 amide bonds. The van der Waals surface area contributed by atoms with E-state index in [-0.39, 0.29) is 42.1 Å². The van der Waals surface area contributed by atoms with Crippen LogP contribution in [0.5, 0.6) is 0 Å². The Morgan fingerprint density at radius 2 is 1.50 bits per heavy atom. The Morgan fingerprint density at radius 1 is 0.929 bits per heavy atom. The van der Waals surface area contributed by atoms with Gasteiger partial charge in [-0.2, -0.15) is 0 Å². The lowest BCUT2D eigenvalue weighted by Crippen LogP contribution is -2.42. The molecule has 0 bridgehead atoms. The molecule has 0 fully saturated rings. The van der Waals surface area contributed by atoms with Gasteiger partial charge in [-0.1, -0.05) is 35.9 Å². The fraction of sp³-hybridized carbons (Fsp3) is 0.300. The summed E-state index contributed by atoms with van der Waals surface area (Å²) >= 11 is 5.87. The summed E-state index contributed by atoms with van der Waals surface area (Å²) in [5, 5.41) is 9.92. The van der Waals surface area contributed by atoms with E-state index >= 15 is 0 Å². The predicted molar refractivity (Wildman–Crippen MR) is 123 cm³/mol. The monoisotopic (exact) mass is 518 g/mol. The molecule has 0 spiro atoms. The molecule has 0 aromatic heterocycles. The highest BCUT2D eigenvalue weighted by molar-refractivity contribution is 14.0. The molecule has 28 heavy (non-hydrogen) atoms. The first-order valence-electron chi connectivity index (χ1n) is 8.77. The molecule has 2 rings (SSSR count). The Bertz CT molecular complexity index is 754. The van der Waals surface area contributed by atoms with E-state index in [2.05, 4.69) is 20.9 Å². The Kier molecular flexibility index (Phi) is 11.5. The minimum absolute atomic E-state index is 0. The third kappa shape index (κ3) is 9.36. The van der Waals surface area contributed by atoms with Crippen LogP contribution >= 0.6 is 35.6 Å². The lowest BCUT2D eigenvalue weighted by Gasteiger charge is -2.12. The topological polar surface area (TPSA) is 65.5 Å². The number of hydrogen-bond acceptors (Lipinski definition) is 2. The zero-order valence-corrected chi connectivity index (χ0v) is 18.8. The molecule has 0 saturated carbocycles. The molecular formula is C20H25ClFIN4O. The number of nitrogens with one attached hydrogen (secondary N) is 3. The summed E-state index contributed by atoms with van der Waals surface area (Å²) < 4.78 is 12.9. The van der Waals surface area contributed by atoms with Crippen LogP contribution in [0.3, 0.4) is 0 Å². The standard InChI is InChI=1S/C20H24ClFN4O.HI/c1-23-20(25-11-10-15-2-6-17(21)7-3-15)26-13-12-24-19(27)14-16-4-8-18(22)9-5-16;/h2-9H,10-14H2,1H3,(H,24,27)(H2,23,25,26);1H. The fourth-order valence-electron chi connectivity index (χ4n) is 2.43. The number of benzene rings is 2. The molecule has 0 aliphatic carbocycles. The van der Waals surface area contributed by atoms with Gasteiger partial charge in [-0.25, -0.2) is 4.39 Å². The first-order chi connectivity index (χ1) is 13.1. The summed E-state index contributed by atoms with van der Waals surface area (Å²) in [5.74, 6) is 0.268. The number of nitrogens with zero attached hydrogens (tertiary/aromatic N) is 1. The molecule has 0 unspecified atom stereocenters. The number of carbonyl (C=O) groups excluding carboxylic acids is 1. The van der Waals surface area contributed by atoms with Gasteiger partial charge in [-0.05, 0) is 41.8 Å². The van der Waals surface area contributed by atoms with Crippen molar-refractivity contribution >= 4 is 47.4 Å². The zero-order chi connectivity index (χ0) is 19.5. The van der Waals surface area contributed by atoms with Crippen LogP contribution in [0.2, 0.25) is 5.02 Å². The van der Waals surface area contributed by atoms with E-state index in [9.17, 15) is 9.18 Å². The van der Waals surface area contributed by atoms with E-state index in [1.165, 1.54) is 17.7 Å². The maximum atomic E-state index is 12.9. The summed E-state index contributed by atoms with van der Waals surface area (Å²) in [5.41, 5.74) is 1.97. The highest BCUT2D eigenvalue weighted by Gasteiger charge is 2.03. The molecule has 2 aromatic carbocycles. The normalized spacial score (nSPS) is 10.8. The lowest BCUT2D eigenvalue weighted by atomic mass is 10.1. The second-order valence-electron chi connectivity index (χ2n) is 5.96. The molecule has 0 saturated heterocycles. The van der Waals surface area contributed by atoms with Crippen LogP contribution in [-0.2, 0) is 17.6 Å². The van der Waals surface area contributed by atoms with Gasteiger partial charge in [0, 0.05) is 31.7 Å². The summed E-state index contributed by atoms with van der Waals surface area (Å²) in [6.45, 7) is 1.76. The van der Waals surface area contributed by atoms with E-state index in [1.807, 2.05) is 24.3 Å². The van der Waals surface area contributed by atoms with Crippen LogP contribution in [0.4, 0.5) is 4.39 Å². The van der Waals surface area contributed by atoms with Crippen molar-refractivity contribution in [2.45, 2.75) is 12.8 Å². The maximum Gasteiger partial charge on any atom is 0.224 e. The molecule has 0 radical (unpaired) electrons. The fourth-order valence-corrected chi connectivity index (χ4v) is 2.56. The molecule has 152 valence electrons. The van der Waals surface area contributed by atoms with E-state index in [1.54, 1.807) is 19.2 Å². The minimum atomic E-state index is -0.307. The molecule has 0 atom stereocenters. The molecule has 2 aromatic rings. The first-order valence-corrected chi connectivity index (χ1v) is 9.14. The number of guanidine groups is 1. The van der Waals surface area contributed by atoms with Crippen LogP contribution < -0.4 is 16.0 Å². The van der Waals surface area contributed by atoms with Gasteiger partial charge in [0.2, 0.25) is 5.91 Å². The quantitative estimate of drug-likeness (QED) is 0.218. The third-order valence-corrected chi connectivity index (χ3v) is 4.11. The Balaban J connectivity index is 0.00000392. The SMILES string of the molecule is CN=C(NCCNC(=O)Cc1ccc(F)cc1)NCCc1ccc(Cl)cc1.I. The Hall–Kier alpha value is -1.87.